The van der Waals surface area contributed by atoms with E-state index in [1.807, 2.05) is 91.0 Å². The van der Waals surface area contributed by atoms with Crippen molar-refractivity contribution in [2.75, 3.05) is 30.5 Å². The molecule has 0 spiro atoms. The number of phenols is 1. The second-order valence-electron chi connectivity index (χ2n) is 12.6. The third kappa shape index (κ3) is 6.35. The Balaban J connectivity index is 1.13. The molecule has 3 aliphatic rings. The number of carbonyl (C=O) groups excluding carboxylic acids is 2. The monoisotopic (exact) mass is 704 g/mol. The van der Waals surface area contributed by atoms with Gasteiger partial charge in [0.1, 0.15) is 5.75 Å². The smallest absolute Gasteiger partial charge is 0.238 e. The van der Waals surface area contributed by atoms with Gasteiger partial charge in [0.25, 0.3) is 0 Å². The van der Waals surface area contributed by atoms with Gasteiger partial charge in [-0.05, 0) is 102 Å². The molecule has 4 aromatic rings. The van der Waals surface area contributed by atoms with Gasteiger partial charge in [0.2, 0.25) is 11.8 Å². The summed E-state index contributed by atoms with van der Waals surface area (Å²) in [5.74, 6) is -1.20. The van der Waals surface area contributed by atoms with Crippen molar-refractivity contribution in [3.8, 4) is 5.75 Å². The van der Waals surface area contributed by atoms with Crippen molar-refractivity contribution in [2.45, 2.75) is 25.4 Å². The molecular weight excluding hydrogens is 668 g/mol. The van der Waals surface area contributed by atoms with Crippen molar-refractivity contribution >= 4 is 56.5 Å². The maximum Gasteiger partial charge on any atom is 0.238 e. The maximum absolute atomic E-state index is 14.1. The number of nitrogens with zero attached hydrogens (tertiary/aromatic N) is 1. The van der Waals surface area contributed by atoms with Crippen molar-refractivity contribution in [1.29, 1.82) is 0 Å². The highest BCUT2D eigenvalue weighted by atomic mass is 79.9. The first-order valence-corrected chi connectivity index (χ1v) is 17.1. The molecule has 8 heteroatoms. The SMILES string of the molecule is COCC1=C2[C@@H](CC/C(=C/c3cc(Br)ccc3O)c3ccccc3)OC[C@@H]2[C@@H]2C(=O)N(c3ccc(Nc4ccccc4)cc3)C(=O)[C@@H]2C1. The standard InChI is InChI=1S/C40H37BrN2O5/c1-47-23-28-22-33-38(40(46)43(39(33)45)32-16-14-31(15-17-32)42-30-10-6-3-7-11-30)34-24-48-36(37(28)34)19-12-26(25-8-4-2-5-9-25)20-27-21-29(41)13-18-35(27)44/h2-11,13-18,20-21,33-34,36,38,42,44H,12,19,22-24H2,1H3/b26-20-/t33-,34+,36-,38-/m1/s1. The van der Waals surface area contributed by atoms with Crippen LogP contribution in [0.25, 0.3) is 11.6 Å². The summed E-state index contributed by atoms with van der Waals surface area (Å²) in [4.78, 5) is 29.4. The number of halogens is 1. The zero-order valence-electron chi connectivity index (χ0n) is 26.6. The number of benzene rings is 4. The number of aromatic hydroxyl groups is 1. The predicted molar refractivity (Wildman–Crippen MR) is 192 cm³/mol. The summed E-state index contributed by atoms with van der Waals surface area (Å²) in [7, 11) is 1.67. The fraction of sp³-hybridized carbons (Fsp3) is 0.250. The van der Waals surface area contributed by atoms with Crippen LogP contribution in [0.2, 0.25) is 0 Å². The summed E-state index contributed by atoms with van der Waals surface area (Å²) in [6.45, 7) is 0.779. The molecule has 2 heterocycles. The molecule has 0 unspecified atom stereocenters. The summed E-state index contributed by atoms with van der Waals surface area (Å²) in [5, 5.41) is 13.9. The first kappa shape index (κ1) is 32.1. The number of ether oxygens (including phenoxy) is 2. The number of phenolic OH excluding ortho intramolecular Hbond substituents is 1. The normalized spacial score (nSPS) is 22.2. The molecule has 48 heavy (non-hydrogen) atoms. The topological polar surface area (TPSA) is 88.1 Å². The van der Waals surface area contributed by atoms with Crippen LogP contribution in [0.5, 0.6) is 5.75 Å². The second kappa shape index (κ2) is 13.9. The summed E-state index contributed by atoms with van der Waals surface area (Å²) >= 11 is 3.52. The number of nitrogens with one attached hydrogen (secondary N) is 1. The van der Waals surface area contributed by atoms with Crippen LogP contribution in [0.1, 0.15) is 30.4 Å². The van der Waals surface area contributed by atoms with Gasteiger partial charge in [-0.2, -0.15) is 0 Å². The molecule has 7 rings (SSSR count). The Bertz CT molecular complexity index is 1870. The largest absolute Gasteiger partial charge is 0.507 e. The van der Waals surface area contributed by atoms with Crippen LogP contribution in [0.15, 0.2) is 119 Å². The van der Waals surface area contributed by atoms with Gasteiger partial charge < -0.3 is 19.9 Å². The molecule has 2 fully saturated rings. The Hall–Kier alpha value is -4.50. The molecule has 0 aromatic heterocycles. The van der Waals surface area contributed by atoms with Crippen LogP contribution >= 0.6 is 15.9 Å². The highest BCUT2D eigenvalue weighted by Gasteiger charge is 2.57. The lowest BCUT2D eigenvalue weighted by Crippen LogP contribution is -2.35. The number of para-hydroxylation sites is 1. The van der Waals surface area contributed by atoms with E-state index in [4.69, 9.17) is 9.47 Å². The van der Waals surface area contributed by atoms with Crippen LogP contribution in [0.4, 0.5) is 17.1 Å². The van der Waals surface area contributed by atoms with Gasteiger partial charge in [-0.1, -0.05) is 64.5 Å². The molecular formula is C40H37BrN2O5. The molecule has 0 radical (unpaired) electrons. The van der Waals surface area contributed by atoms with Crippen LogP contribution < -0.4 is 10.2 Å². The number of amides is 2. The molecule has 0 saturated carbocycles. The lowest BCUT2D eigenvalue weighted by Gasteiger charge is -2.31. The summed E-state index contributed by atoms with van der Waals surface area (Å²) in [5.41, 5.74) is 7.46. The zero-order valence-corrected chi connectivity index (χ0v) is 28.2. The lowest BCUT2D eigenvalue weighted by atomic mass is 9.69. The number of hydrogen-bond acceptors (Lipinski definition) is 6. The van der Waals surface area contributed by atoms with Gasteiger partial charge in [-0.3, -0.25) is 14.5 Å². The summed E-state index contributed by atoms with van der Waals surface area (Å²) < 4.78 is 13.0. The number of imide groups is 1. The highest BCUT2D eigenvalue weighted by molar-refractivity contribution is 9.10. The Morgan fingerprint density at radius 3 is 2.38 bits per heavy atom. The van der Waals surface area contributed by atoms with Crippen LogP contribution in [-0.4, -0.2) is 43.3 Å². The minimum Gasteiger partial charge on any atom is -0.507 e. The van der Waals surface area contributed by atoms with Crippen LogP contribution in [0.3, 0.4) is 0 Å². The van der Waals surface area contributed by atoms with Crippen molar-refractivity contribution in [1.82, 2.24) is 0 Å². The number of rotatable bonds is 10. The molecule has 1 aliphatic carbocycles. The molecule has 0 bridgehead atoms. The van der Waals surface area contributed by atoms with E-state index in [1.165, 1.54) is 4.90 Å². The Kier molecular flexibility index (Phi) is 9.30. The Labute approximate surface area is 289 Å². The van der Waals surface area contributed by atoms with Gasteiger partial charge in [-0.25, -0.2) is 0 Å². The van der Waals surface area contributed by atoms with Crippen molar-refractivity contribution in [3.05, 3.63) is 130 Å². The minimum atomic E-state index is -0.469. The van der Waals surface area contributed by atoms with E-state index in [9.17, 15) is 14.7 Å². The third-order valence-electron chi connectivity index (χ3n) is 9.65. The number of methoxy groups -OCH3 is 1. The Morgan fingerprint density at radius 1 is 0.938 bits per heavy atom. The minimum absolute atomic E-state index is 0.159. The first-order valence-electron chi connectivity index (χ1n) is 16.3. The van der Waals surface area contributed by atoms with Crippen molar-refractivity contribution < 1.29 is 24.2 Å². The van der Waals surface area contributed by atoms with E-state index in [-0.39, 0.29) is 29.6 Å². The Morgan fingerprint density at radius 2 is 1.65 bits per heavy atom. The molecule has 2 N–H and O–H groups in total. The molecule has 4 atom stereocenters. The number of anilines is 3. The quantitative estimate of drug-likeness (QED) is 0.0980. The number of allylic oxidation sites excluding steroid dienone is 1. The summed E-state index contributed by atoms with van der Waals surface area (Å²) in [6.07, 6.45) is 3.68. The molecule has 7 nitrogen and oxygen atoms in total. The fourth-order valence-corrected chi connectivity index (χ4v) is 7.86. The zero-order chi connectivity index (χ0) is 33.2. The lowest BCUT2D eigenvalue weighted by molar-refractivity contribution is -0.122. The number of carbonyl (C=O) groups is 2. The molecule has 2 saturated heterocycles. The third-order valence-corrected chi connectivity index (χ3v) is 10.1. The number of fused-ring (bicyclic) bond motifs is 3. The highest BCUT2D eigenvalue weighted by Crippen LogP contribution is 2.51. The van der Waals surface area contributed by atoms with E-state index in [2.05, 4.69) is 33.4 Å². The predicted octanol–water partition coefficient (Wildman–Crippen LogP) is 8.39. The second-order valence-corrected chi connectivity index (χ2v) is 13.5. The van der Waals surface area contributed by atoms with Gasteiger partial charge in [-0.15, -0.1) is 0 Å². The van der Waals surface area contributed by atoms with Gasteiger partial charge in [0.05, 0.1) is 36.8 Å². The van der Waals surface area contributed by atoms with Crippen molar-refractivity contribution in [2.24, 2.45) is 17.8 Å². The van der Waals surface area contributed by atoms with Gasteiger partial charge >= 0.3 is 0 Å². The van der Waals surface area contributed by atoms with Gasteiger partial charge in [0.15, 0.2) is 0 Å². The van der Waals surface area contributed by atoms with Gasteiger partial charge in [0, 0.05) is 34.4 Å². The van der Waals surface area contributed by atoms with E-state index in [1.54, 1.807) is 13.2 Å². The van der Waals surface area contributed by atoms with E-state index in [0.717, 1.165) is 43.7 Å². The van der Waals surface area contributed by atoms with Crippen molar-refractivity contribution in [3.63, 3.8) is 0 Å². The van der Waals surface area contributed by atoms with Crippen LogP contribution in [-0.2, 0) is 19.1 Å². The maximum atomic E-state index is 14.1. The average molecular weight is 706 g/mol. The number of hydrogen-bond donors (Lipinski definition) is 2. The fourth-order valence-electron chi connectivity index (χ4n) is 7.48. The average Bonchev–Trinajstić information content (AvgIpc) is 3.64. The summed E-state index contributed by atoms with van der Waals surface area (Å²) in [6, 6.07) is 32.9. The molecule has 2 aliphatic heterocycles. The van der Waals surface area contributed by atoms with E-state index < -0.39 is 11.8 Å². The molecule has 2 amide bonds. The van der Waals surface area contributed by atoms with E-state index in [0.29, 0.717) is 38.2 Å². The van der Waals surface area contributed by atoms with E-state index >= 15 is 0 Å². The molecule has 244 valence electrons. The van der Waals surface area contributed by atoms with Crippen LogP contribution in [0, 0.1) is 17.8 Å². The molecule has 4 aromatic carbocycles. The first-order chi connectivity index (χ1) is 23.4.